The van der Waals surface area contributed by atoms with Gasteiger partial charge in [0.2, 0.25) is 0 Å². The lowest BCUT2D eigenvalue weighted by molar-refractivity contribution is 0.409. The first-order valence-electron chi connectivity index (χ1n) is 6.80. The van der Waals surface area contributed by atoms with Crippen LogP contribution in [0.2, 0.25) is 0 Å². The van der Waals surface area contributed by atoms with Crippen LogP contribution in [0.4, 0.5) is 5.69 Å². The molecule has 0 aliphatic heterocycles. The molecule has 0 spiro atoms. The number of nitrogens with one attached hydrogen (secondary N) is 1. The third-order valence-corrected chi connectivity index (χ3v) is 3.44. The van der Waals surface area contributed by atoms with Crippen molar-refractivity contribution in [2.75, 3.05) is 19.1 Å². The first kappa shape index (κ1) is 14.9. The lowest BCUT2D eigenvalue weighted by Gasteiger charge is -2.21. The second kappa shape index (κ2) is 6.31. The summed E-state index contributed by atoms with van der Waals surface area (Å²) in [6, 6.07) is 13.9. The average molecular weight is 283 g/mol. The third kappa shape index (κ3) is 3.54. The largest absolute Gasteiger partial charge is 0.496 e. The van der Waals surface area contributed by atoms with E-state index in [2.05, 4.69) is 30.0 Å². The second-order valence-corrected chi connectivity index (χ2v) is 5.14. The Bertz CT molecular complexity index is 652. The van der Waals surface area contributed by atoms with E-state index in [1.54, 1.807) is 13.2 Å². The molecule has 4 heteroatoms. The highest BCUT2D eigenvalue weighted by Gasteiger charge is 2.09. The summed E-state index contributed by atoms with van der Waals surface area (Å²) in [5.74, 6) is 0.872. The predicted molar refractivity (Wildman–Crippen MR) is 87.3 cm³/mol. The quantitative estimate of drug-likeness (QED) is 0.655. The lowest BCUT2D eigenvalue weighted by Crippen LogP contribution is -2.18. The lowest BCUT2D eigenvalue weighted by atomic mass is 10.1. The Labute approximate surface area is 125 Å². The molecule has 0 amide bonds. The molecule has 0 aliphatic carbocycles. The van der Waals surface area contributed by atoms with Gasteiger partial charge in [0.25, 0.3) is 0 Å². The number of amidine groups is 1. The molecule has 0 bridgehead atoms. The molecule has 0 atom stereocenters. The Balaban J connectivity index is 2.29. The Morgan fingerprint density at radius 2 is 2.00 bits per heavy atom. The van der Waals surface area contributed by atoms with Crippen LogP contribution in [0.25, 0.3) is 0 Å². The summed E-state index contributed by atoms with van der Waals surface area (Å²) in [5.41, 5.74) is 9.65. The van der Waals surface area contributed by atoms with Crippen molar-refractivity contribution in [1.29, 1.82) is 5.41 Å². The van der Waals surface area contributed by atoms with Gasteiger partial charge in [-0.1, -0.05) is 12.1 Å². The van der Waals surface area contributed by atoms with Crippen LogP contribution in [0.1, 0.15) is 16.7 Å². The number of benzene rings is 2. The van der Waals surface area contributed by atoms with Gasteiger partial charge in [0.15, 0.2) is 0 Å². The number of hydrogen-bond donors (Lipinski definition) is 2. The summed E-state index contributed by atoms with van der Waals surface area (Å²) in [4.78, 5) is 2.15. The number of methoxy groups -OCH3 is 1. The monoisotopic (exact) mass is 283 g/mol. The normalized spacial score (nSPS) is 10.2. The topological polar surface area (TPSA) is 62.3 Å². The van der Waals surface area contributed by atoms with Crippen molar-refractivity contribution < 1.29 is 4.74 Å². The van der Waals surface area contributed by atoms with Crippen molar-refractivity contribution in [2.45, 2.75) is 13.5 Å². The fraction of sp³-hybridized carbons (Fsp3) is 0.235. The molecule has 21 heavy (non-hydrogen) atoms. The Morgan fingerprint density at radius 3 is 2.62 bits per heavy atom. The predicted octanol–water partition coefficient (Wildman–Crippen LogP) is 2.92. The van der Waals surface area contributed by atoms with Gasteiger partial charge in [-0.2, -0.15) is 0 Å². The molecule has 0 aliphatic rings. The highest BCUT2D eigenvalue weighted by molar-refractivity contribution is 5.95. The Kier molecular flexibility index (Phi) is 4.48. The maximum atomic E-state index is 7.56. The number of hydrogen-bond acceptors (Lipinski definition) is 3. The zero-order chi connectivity index (χ0) is 15.4. The van der Waals surface area contributed by atoms with Crippen LogP contribution in [0.15, 0.2) is 42.5 Å². The van der Waals surface area contributed by atoms with Crippen molar-refractivity contribution in [3.05, 3.63) is 59.2 Å². The molecule has 0 aromatic heterocycles. The van der Waals surface area contributed by atoms with E-state index >= 15 is 0 Å². The first-order valence-corrected chi connectivity index (χ1v) is 6.80. The third-order valence-electron chi connectivity index (χ3n) is 3.44. The maximum Gasteiger partial charge on any atom is 0.123 e. The summed E-state index contributed by atoms with van der Waals surface area (Å²) in [6.07, 6.45) is 0. The van der Waals surface area contributed by atoms with Gasteiger partial charge >= 0.3 is 0 Å². The van der Waals surface area contributed by atoms with Crippen LogP contribution >= 0.6 is 0 Å². The minimum Gasteiger partial charge on any atom is -0.496 e. The number of nitrogen functional groups attached to an aromatic ring is 1. The molecular formula is C17H21N3O. The molecular weight excluding hydrogens is 262 g/mol. The zero-order valence-corrected chi connectivity index (χ0v) is 12.7. The van der Waals surface area contributed by atoms with E-state index in [4.69, 9.17) is 15.9 Å². The van der Waals surface area contributed by atoms with Crippen molar-refractivity contribution >= 4 is 11.5 Å². The molecule has 110 valence electrons. The molecule has 0 heterocycles. The molecule has 0 saturated heterocycles. The van der Waals surface area contributed by atoms with Gasteiger partial charge in [0.1, 0.15) is 11.6 Å². The molecule has 0 fully saturated rings. The molecule has 2 rings (SSSR count). The van der Waals surface area contributed by atoms with Gasteiger partial charge < -0.3 is 15.4 Å². The van der Waals surface area contributed by atoms with E-state index in [1.165, 1.54) is 5.56 Å². The summed E-state index contributed by atoms with van der Waals surface area (Å²) in [7, 11) is 3.69. The van der Waals surface area contributed by atoms with E-state index in [9.17, 15) is 0 Å². The molecule has 2 aromatic carbocycles. The van der Waals surface area contributed by atoms with Gasteiger partial charge in [0.05, 0.1) is 7.11 Å². The van der Waals surface area contributed by atoms with Crippen molar-refractivity contribution in [2.24, 2.45) is 5.73 Å². The number of nitrogens with two attached hydrogens (primary N) is 1. The Morgan fingerprint density at radius 1 is 1.24 bits per heavy atom. The highest BCUT2D eigenvalue weighted by atomic mass is 16.5. The van der Waals surface area contributed by atoms with Crippen molar-refractivity contribution in [1.82, 2.24) is 0 Å². The summed E-state index contributed by atoms with van der Waals surface area (Å²) in [5, 5.41) is 7.56. The number of rotatable bonds is 5. The fourth-order valence-electron chi connectivity index (χ4n) is 2.28. The molecule has 0 radical (unpaired) electrons. The van der Waals surface area contributed by atoms with Crippen LogP contribution < -0.4 is 15.4 Å². The highest BCUT2D eigenvalue weighted by Crippen LogP contribution is 2.24. The Hall–Kier alpha value is -2.49. The summed E-state index contributed by atoms with van der Waals surface area (Å²) >= 11 is 0. The van der Waals surface area contributed by atoms with Crippen molar-refractivity contribution in [3.8, 4) is 5.75 Å². The van der Waals surface area contributed by atoms with E-state index in [0.29, 0.717) is 12.1 Å². The van der Waals surface area contributed by atoms with Gasteiger partial charge in [-0.05, 0) is 42.8 Å². The number of anilines is 1. The smallest absolute Gasteiger partial charge is 0.123 e. The molecule has 2 aromatic rings. The maximum absolute atomic E-state index is 7.56. The van der Waals surface area contributed by atoms with E-state index < -0.39 is 0 Å². The van der Waals surface area contributed by atoms with Crippen LogP contribution in [0.5, 0.6) is 5.75 Å². The molecule has 0 unspecified atom stereocenters. The zero-order valence-electron chi connectivity index (χ0n) is 12.7. The van der Waals surface area contributed by atoms with Crippen LogP contribution in [0.3, 0.4) is 0 Å². The number of nitrogens with zero attached hydrogens (tertiary/aromatic N) is 1. The summed E-state index contributed by atoms with van der Waals surface area (Å²) < 4.78 is 5.40. The van der Waals surface area contributed by atoms with Gasteiger partial charge in [-0.25, -0.2) is 0 Å². The van der Waals surface area contributed by atoms with Gasteiger partial charge in [0, 0.05) is 30.4 Å². The minimum absolute atomic E-state index is 0.0668. The standard InChI is InChI=1S/C17H21N3O/c1-12-5-4-6-15(9-12)20(2)11-14-10-13(17(18)19)7-8-16(14)21-3/h4-10H,11H2,1-3H3,(H3,18,19). The van der Waals surface area contributed by atoms with Gasteiger partial charge in [-0.3, -0.25) is 5.41 Å². The fourth-order valence-corrected chi connectivity index (χ4v) is 2.28. The molecule has 3 N–H and O–H groups in total. The van der Waals surface area contributed by atoms with E-state index in [1.807, 2.05) is 25.2 Å². The number of ether oxygens (including phenoxy) is 1. The van der Waals surface area contributed by atoms with Crippen molar-refractivity contribution in [3.63, 3.8) is 0 Å². The van der Waals surface area contributed by atoms with E-state index in [0.717, 1.165) is 17.0 Å². The van der Waals surface area contributed by atoms with Crippen LogP contribution in [0, 0.1) is 12.3 Å². The van der Waals surface area contributed by atoms with Crippen LogP contribution in [-0.4, -0.2) is 20.0 Å². The minimum atomic E-state index is 0.0668. The van der Waals surface area contributed by atoms with Gasteiger partial charge in [-0.15, -0.1) is 0 Å². The molecule has 4 nitrogen and oxygen atoms in total. The summed E-state index contributed by atoms with van der Waals surface area (Å²) in [6.45, 7) is 2.77. The molecule has 0 saturated carbocycles. The first-order chi connectivity index (χ1) is 10.0. The SMILES string of the molecule is COc1ccc(C(=N)N)cc1CN(C)c1cccc(C)c1. The average Bonchev–Trinajstić information content (AvgIpc) is 2.47. The van der Waals surface area contributed by atoms with Crippen LogP contribution in [-0.2, 0) is 6.54 Å². The number of aryl methyl sites for hydroxylation is 1. The second-order valence-electron chi connectivity index (χ2n) is 5.14. The van der Waals surface area contributed by atoms with E-state index in [-0.39, 0.29) is 5.84 Å².